The van der Waals surface area contributed by atoms with Crippen molar-refractivity contribution in [3.05, 3.63) is 54.2 Å². The average Bonchev–Trinajstić information content (AvgIpc) is 3.21. The fourth-order valence-corrected chi connectivity index (χ4v) is 3.09. The van der Waals surface area contributed by atoms with Crippen LogP contribution in [-0.4, -0.2) is 53.4 Å². The smallest absolute Gasteiger partial charge is 0.317 e. The van der Waals surface area contributed by atoms with Crippen LogP contribution < -0.4 is 14.8 Å². The lowest BCUT2D eigenvalue weighted by molar-refractivity contribution is 0.136. The van der Waals surface area contributed by atoms with Crippen LogP contribution in [-0.2, 0) is 6.54 Å². The van der Waals surface area contributed by atoms with Gasteiger partial charge in [0.05, 0.1) is 20.1 Å². The van der Waals surface area contributed by atoms with Crippen molar-refractivity contribution in [3.8, 4) is 22.9 Å². The fraction of sp³-hybridized carbons (Fsp3) is 0.300. The van der Waals surface area contributed by atoms with Gasteiger partial charge < -0.3 is 24.2 Å². The highest BCUT2D eigenvalue weighted by Gasteiger charge is 2.35. The summed E-state index contributed by atoms with van der Waals surface area (Å²) in [6.07, 6.45) is 3.37. The van der Waals surface area contributed by atoms with Crippen LogP contribution in [0.5, 0.6) is 11.5 Å². The van der Waals surface area contributed by atoms with Gasteiger partial charge in [-0.1, -0.05) is 11.2 Å². The van der Waals surface area contributed by atoms with Gasteiger partial charge in [0.15, 0.2) is 11.5 Å². The summed E-state index contributed by atoms with van der Waals surface area (Å²) in [5.41, 5.74) is 1.72. The molecule has 150 valence electrons. The van der Waals surface area contributed by atoms with Crippen molar-refractivity contribution in [2.24, 2.45) is 0 Å². The number of likely N-dealkylation sites (tertiary alicyclic amines) is 1. The largest absolute Gasteiger partial charge is 0.493 e. The van der Waals surface area contributed by atoms with E-state index in [1.165, 1.54) is 0 Å². The third-order valence-electron chi connectivity index (χ3n) is 4.77. The van der Waals surface area contributed by atoms with E-state index in [9.17, 15) is 4.79 Å². The molecular weight excluding hydrogens is 374 g/mol. The SMILES string of the molecule is COc1ccc(CNC(=O)N2CC(c3nc(-c4cccnc4)no3)C2)cc1OC. The highest BCUT2D eigenvalue weighted by molar-refractivity contribution is 5.75. The summed E-state index contributed by atoms with van der Waals surface area (Å²) in [6, 6.07) is 9.10. The molecule has 0 bridgehead atoms. The van der Waals surface area contributed by atoms with Crippen LogP contribution in [0.25, 0.3) is 11.4 Å². The van der Waals surface area contributed by atoms with Gasteiger partial charge in [0.1, 0.15) is 0 Å². The van der Waals surface area contributed by atoms with Crippen LogP contribution in [0.2, 0.25) is 0 Å². The number of urea groups is 1. The van der Waals surface area contributed by atoms with Crippen LogP contribution >= 0.6 is 0 Å². The van der Waals surface area contributed by atoms with E-state index in [2.05, 4.69) is 20.4 Å². The first-order valence-corrected chi connectivity index (χ1v) is 9.15. The Morgan fingerprint density at radius 2 is 2.07 bits per heavy atom. The first-order chi connectivity index (χ1) is 14.2. The summed E-state index contributed by atoms with van der Waals surface area (Å²) in [7, 11) is 3.17. The Morgan fingerprint density at radius 1 is 1.24 bits per heavy atom. The summed E-state index contributed by atoms with van der Waals surface area (Å²) >= 11 is 0. The van der Waals surface area contributed by atoms with Crippen LogP contribution in [0, 0.1) is 0 Å². The number of amides is 2. The number of hydrogen-bond donors (Lipinski definition) is 1. The monoisotopic (exact) mass is 395 g/mol. The maximum atomic E-state index is 12.4. The van der Waals surface area contributed by atoms with Crippen LogP contribution in [0.4, 0.5) is 4.79 Å². The Bertz CT molecular complexity index is 986. The number of methoxy groups -OCH3 is 2. The molecule has 4 rings (SSSR count). The molecule has 0 aliphatic carbocycles. The summed E-state index contributed by atoms with van der Waals surface area (Å²) in [5.74, 6) is 2.36. The molecular formula is C20H21N5O4. The quantitative estimate of drug-likeness (QED) is 0.684. The molecule has 3 heterocycles. The van der Waals surface area contributed by atoms with Gasteiger partial charge in [-0.05, 0) is 29.8 Å². The molecule has 1 N–H and O–H groups in total. The van der Waals surface area contributed by atoms with E-state index in [0.717, 1.165) is 11.1 Å². The van der Waals surface area contributed by atoms with Gasteiger partial charge >= 0.3 is 6.03 Å². The number of nitrogens with zero attached hydrogens (tertiary/aromatic N) is 4. The Kier molecular flexibility index (Phi) is 5.28. The van der Waals surface area contributed by atoms with Crippen molar-refractivity contribution in [1.82, 2.24) is 25.3 Å². The number of benzene rings is 1. The standard InChI is InChI=1S/C20H21N5O4/c1-27-16-6-5-13(8-17(16)28-2)9-22-20(26)25-11-15(12-25)19-23-18(24-29-19)14-4-3-7-21-10-14/h3-8,10,15H,9,11-12H2,1-2H3,(H,22,26). The zero-order valence-corrected chi connectivity index (χ0v) is 16.2. The van der Waals surface area contributed by atoms with E-state index in [1.807, 2.05) is 30.3 Å². The summed E-state index contributed by atoms with van der Waals surface area (Å²) in [4.78, 5) is 22.5. The third kappa shape index (κ3) is 3.98. The van der Waals surface area contributed by atoms with E-state index in [4.69, 9.17) is 14.0 Å². The highest BCUT2D eigenvalue weighted by Crippen LogP contribution is 2.29. The summed E-state index contributed by atoms with van der Waals surface area (Å²) in [5, 5.41) is 6.91. The topological polar surface area (TPSA) is 103 Å². The van der Waals surface area contributed by atoms with E-state index in [-0.39, 0.29) is 11.9 Å². The van der Waals surface area contributed by atoms with E-state index >= 15 is 0 Å². The summed E-state index contributed by atoms with van der Waals surface area (Å²) in [6.45, 7) is 1.46. The molecule has 29 heavy (non-hydrogen) atoms. The van der Waals surface area contributed by atoms with E-state index in [0.29, 0.717) is 42.8 Å². The van der Waals surface area contributed by atoms with Crippen LogP contribution in [0.15, 0.2) is 47.2 Å². The number of hydrogen-bond acceptors (Lipinski definition) is 7. The lowest BCUT2D eigenvalue weighted by Crippen LogP contribution is -2.52. The van der Waals surface area contributed by atoms with Gasteiger partial charge in [0.2, 0.25) is 11.7 Å². The van der Waals surface area contributed by atoms with E-state index < -0.39 is 0 Å². The molecule has 1 aliphatic rings. The molecule has 3 aromatic rings. The fourth-order valence-electron chi connectivity index (χ4n) is 3.09. The minimum absolute atomic E-state index is 0.0414. The number of carbonyl (C=O) groups is 1. The van der Waals surface area contributed by atoms with Gasteiger partial charge in [0, 0.05) is 37.6 Å². The molecule has 2 amide bonds. The Balaban J connectivity index is 1.29. The van der Waals surface area contributed by atoms with Gasteiger partial charge in [0.25, 0.3) is 0 Å². The molecule has 9 heteroatoms. The van der Waals surface area contributed by atoms with Crippen molar-refractivity contribution < 1.29 is 18.8 Å². The Hall–Kier alpha value is -3.62. The van der Waals surface area contributed by atoms with Crippen molar-refractivity contribution in [2.45, 2.75) is 12.5 Å². The number of aromatic nitrogens is 3. The second-order valence-electron chi connectivity index (χ2n) is 6.65. The molecule has 1 fully saturated rings. The lowest BCUT2D eigenvalue weighted by atomic mass is 10.0. The molecule has 0 unspecified atom stereocenters. The van der Waals surface area contributed by atoms with Crippen molar-refractivity contribution in [1.29, 1.82) is 0 Å². The number of rotatable bonds is 6. The maximum absolute atomic E-state index is 12.4. The van der Waals surface area contributed by atoms with Gasteiger partial charge in [-0.2, -0.15) is 4.98 Å². The molecule has 0 spiro atoms. The zero-order chi connectivity index (χ0) is 20.2. The van der Waals surface area contributed by atoms with Crippen LogP contribution in [0.3, 0.4) is 0 Å². The first-order valence-electron chi connectivity index (χ1n) is 9.15. The van der Waals surface area contributed by atoms with Crippen molar-refractivity contribution >= 4 is 6.03 Å². The van der Waals surface area contributed by atoms with Crippen LogP contribution in [0.1, 0.15) is 17.4 Å². The molecule has 0 radical (unpaired) electrons. The molecule has 1 aliphatic heterocycles. The van der Waals surface area contributed by atoms with E-state index in [1.54, 1.807) is 31.5 Å². The predicted molar refractivity (Wildman–Crippen MR) is 104 cm³/mol. The normalized spacial score (nSPS) is 13.7. The number of nitrogens with one attached hydrogen (secondary N) is 1. The predicted octanol–water partition coefficient (Wildman–Crippen LogP) is 2.46. The summed E-state index contributed by atoms with van der Waals surface area (Å²) < 4.78 is 15.9. The van der Waals surface area contributed by atoms with Crippen molar-refractivity contribution in [3.63, 3.8) is 0 Å². The molecule has 2 aromatic heterocycles. The molecule has 0 saturated carbocycles. The highest BCUT2D eigenvalue weighted by atomic mass is 16.5. The van der Waals surface area contributed by atoms with Gasteiger partial charge in [-0.25, -0.2) is 4.79 Å². The number of pyridine rings is 1. The molecule has 9 nitrogen and oxygen atoms in total. The number of ether oxygens (including phenoxy) is 2. The minimum atomic E-state index is -0.136. The van der Waals surface area contributed by atoms with Gasteiger partial charge in [-0.3, -0.25) is 4.98 Å². The third-order valence-corrected chi connectivity index (χ3v) is 4.77. The minimum Gasteiger partial charge on any atom is -0.493 e. The first kappa shape index (κ1) is 18.7. The molecule has 0 atom stereocenters. The average molecular weight is 395 g/mol. The second kappa shape index (κ2) is 8.17. The molecule has 1 aromatic carbocycles. The zero-order valence-electron chi connectivity index (χ0n) is 16.2. The Labute approximate surface area is 167 Å². The van der Waals surface area contributed by atoms with Crippen molar-refractivity contribution in [2.75, 3.05) is 27.3 Å². The maximum Gasteiger partial charge on any atom is 0.317 e. The second-order valence-corrected chi connectivity index (χ2v) is 6.65. The lowest BCUT2D eigenvalue weighted by Gasteiger charge is -2.36. The van der Waals surface area contributed by atoms with Gasteiger partial charge in [-0.15, -0.1) is 0 Å². The number of carbonyl (C=O) groups excluding carboxylic acids is 1. The Morgan fingerprint density at radius 3 is 2.79 bits per heavy atom. The molecule has 1 saturated heterocycles.